The minimum absolute atomic E-state index is 0.277. The topological polar surface area (TPSA) is 70.7 Å². The number of ether oxygens (including phenoxy) is 1. The summed E-state index contributed by atoms with van der Waals surface area (Å²) in [5, 5.41) is 3.29. The first kappa shape index (κ1) is 15.2. The third-order valence-electron chi connectivity index (χ3n) is 3.29. The second kappa shape index (κ2) is 7.03. The van der Waals surface area contributed by atoms with Crippen molar-refractivity contribution in [1.82, 2.24) is 9.62 Å². The second-order valence-electron chi connectivity index (χ2n) is 4.61. The summed E-state index contributed by atoms with van der Waals surface area (Å²) in [5.41, 5.74) is 0.924. The number of sulfonamides is 1. The molecule has 1 aromatic carbocycles. The number of benzene rings is 1. The van der Waals surface area contributed by atoms with Gasteiger partial charge in [-0.25, -0.2) is 13.1 Å². The second-order valence-corrected chi connectivity index (χ2v) is 6.50. The lowest BCUT2D eigenvalue weighted by Crippen LogP contribution is -2.39. The van der Waals surface area contributed by atoms with Crippen molar-refractivity contribution < 1.29 is 13.2 Å². The van der Waals surface area contributed by atoms with E-state index in [0.717, 1.165) is 45.1 Å². The summed E-state index contributed by atoms with van der Waals surface area (Å²) >= 11 is 0. The van der Waals surface area contributed by atoms with Crippen LogP contribution in [0.3, 0.4) is 0 Å². The Morgan fingerprint density at radius 1 is 1.20 bits per heavy atom. The Labute approximate surface area is 120 Å². The average Bonchev–Trinajstić information content (AvgIpc) is 2.49. The summed E-state index contributed by atoms with van der Waals surface area (Å²) in [5.74, 6) is 0. The Hall–Kier alpha value is -1.15. The van der Waals surface area contributed by atoms with Gasteiger partial charge >= 0.3 is 0 Å². The number of nitrogens with one attached hydrogen (secondary N) is 2. The fourth-order valence-electron chi connectivity index (χ4n) is 2.05. The Balaban J connectivity index is 1.82. The quantitative estimate of drug-likeness (QED) is 0.792. The van der Waals surface area contributed by atoms with Crippen LogP contribution in [0.2, 0.25) is 0 Å². The van der Waals surface area contributed by atoms with Gasteiger partial charge in [0.15, 0.2) is 0 Å². The van der Waals surface area contributed by atoms with Gasteiger partial charge in [-0.3, -0.25) is 4.90 Å². The van der Waals surface area contributed by atoms with Gasteiger partial charge in [-0.1, -0.05) is 0 Å². The van der Waals surface area contributed by atoms with Crippen molar-refractivity contribution in [2.75, 3.05) is 51.8 Å². The number of hydrogen-bond acceptors (Lipinski definition) is 5. The molecule has 6 nitrogen and oxygen atoms in total. The minimum atomic E-state index is -3.35. The summed E-state index contributed by atoms with van der Waals surface area (Å²) in [6.07, 6.45) is 0. The fraction of sp³-hybridized carbons (Fsp3) is 0.538. The zero-order chi connectivity index (χ0) is 14.4. The summed E-state index contributed by atoms with van der Waals surface area (Å²) < 4.78 is 30.8. The lowest BCUT2D eigenvalue weighted by atomic mass is 10.3. The van der Waals surface area contributed by atoms with Crippen LogP contribution >= 0.6 is 0 Å². The van der Waals surface area contributed by atoms with Gasteiger partial charge in [0.2, 0.25) is 10.0 Å². The van der Waals surface area contributed by atoms with E-state index in [4.69, 9.17) is 4.74 Å². The SMILES string of the molecule is CNS(=O)(=O)c1ccc(NCCN2CCOCC2)cc1. The molecule has 20 heavy (non-hydrogen) atoms. The van der Waals surface area contributed by atoms with Gasteiger partial charge in [-0.2, -0.15) is 0 Å². The molecule has 0 aromatic heterocycles. The van der Waals surface area contributed by atoms with Gasteiger partial charge in [0.05, 0.1) is 18.1 Å². The van der Waals surface area contributed by atoms with Crippen molar-refractivity contribution in [3.63, 3.8) is 0 Å². The first-order chi connectivity index (χ1) is 9.62. The summed E-state index contributed by atoms with van der Waals surface area (Å²) in [4.78, 5) is 2.62. The van der Waals surface area contributed by atoms with Gasteiger partial charge < -0.3 is 10.1 Å². The molecule has 0 amide bonds. The van der Waals surface area contributed by atoms with Crippen LogP contribution in [0.4, 0.5) is 5.69 Å². The molecule has 7 heteroatoms. The summed E-state index contributed by atoms with van der Waals surface area (Å²) in [6.45, 7) is 5.34. The molecule has 2 N–H and O–H groups in total. The molecular weight excluding hydrogens is 278 g/mol. The van der Waals surface area contributed by atoms with Crippen LogP contribution in [-0.4, -0.2) is 59.8 Å². The molecule has 0 aliphatic carbocycles. The molecule has 0 radical (unpaired) electrons. The van der Waals surface area contributed by atoms with E-state index in [9.17, 15) is 8.42 Å². The predicted molar refractivity (Wildman–Crippen MR) is 78.4 cm³/mol. The van der Waals surface area contributed by atoms with Gasteiger partial charge in [-0.05, 0) is 31.3 Å². The monoisotopic (exact) mass is 299 g/mol. The highest BCUT2D eigenvalue weighted by Gasteiger charge is 2.11. The minimum Gasteiger partial charge on any atom is -0.384 e. The molecular formula is C13H21N3O3S. The van der Waals surface area contributed by atoms with Gasteiger partial charge in [0.1, 0.15) is 0 Å². The first-order valence-corrected chi connectivity index (χ1v) is 8.18. The van der Waals surface area contributed by atoms with Crippen LogP contribution in [0.1, 0.15) is 0 Å². The highest BCUT2D eigenvalue weighted by atomic mass is 32.2. The van der Waals surface area contributed by atoms with Crippen LogP contribution in [-0.2, 0) is 14.8 Å². The largest absolute Gasteiger partial charge is 0.384 e. The molecule has 0 bridgehead atoms. The maximum atomic E-state index is 11.6. The van der Waals surface area contributed by atoms with E-state index in [2.05, 4.69) is 14.9 Å². The Morgan fingerprint density at radius 3 is 2.45 bits per heavy atom. The molecule has 0 unspecified atom stereocenters. The highest BCUT2D eigenvalue weighted by Crippen LogP contribution is 2.13. The third-order valence-corrected chi connectivity index (χ3v) is 4.72. The molecule has 0 saturated carbocycles. The number of nitrogens with zero attached hydrogens (tertiary/aromatic N) is 1. The first-order valence-electron chi connectivity index (χ1n) is 6.69. The van der Waals surface area contributed by atoms with Crippen LogP contribution < -0.4 is 10.0 Å². The predicted octanol–water partition coefficient (Wildman–Crippen LogP) is 0.339. The van der Waals surface area contributed by atoms with E-state index >= 15 is 0 Å². The highest BCUT2D eigenvalue weighted by molar-refractivity contribution is 7.89. The van der Waals surface area contributed by atoms with Gasteiger partial charge in [-0.15, -0.1) is 0 Å². The standard InChI is InChI=1S/C13H21N3O3S/c1-14-20(17,18)13-4-2-12(3-5-13)15-6-7-16-8-10-19-11-9-16/h2-5,14-15H,6-11H2,1H3. The van der Waals surface area contributed by atoms with Crippen molar-refractivity contribution in [1.29, 1.82) is 0 Å². The third kappa shape index (κ3) is 4.17. The number of rotatable bonds is 6. The smallest absolute Gasteiger partial charge is 0.240 e. The van der Waals surface area contributed by atoms with E-state index < -0.39 is 10.0 Å². The van der Waals surface area contributed by atoms with Crippen LogP contribution in [0.5, 0.6) is 0 Å². The van der Waals surface area contributed by atoms with Crippen molar-refractivity contribution in [2.45, 2.75) is 4.90 Å². The molecule has 1 heterocycles. The normalized spacial score (nSPS) is 17.1. The molecule has 0 atom stereocenters. The lowest BCUT2D eigenvalue weighted by molar-refractivity contribution is 0.0398. The zero-order valence-electron chi connectivity index (χ0n) is 11.6. The van der Waals surface area contributed by atoms with E-state index in [1.165, 1.54) is 7.05 Å². The summed E-state index contributed by atoms with van der Waals surface area (Å²) in [6, 6.07) is 6.76. The van der Waals surface area contributed by atoms with Crippen molar-refractivity contribution in [3.8, 4) is 0 Å². The molecule has 1 saturated heterocycles. The number of hydrogen-bond donors (Lipinski definition) is 2. The van der Waals surface area contributed by atoms with Gasteiger partial charge in [0.25, 0.3) is 0 Å². The van der Waals surface area contributed by atoms with E-state index in [0.29, 0.717) is 0 Å². The van der Waals surface area contributed by atoms with E-state index in [1.54, 1.807) is 24.3 Å². The Morgan fingerprint density at radius 2 is 1.85 bits per heavy atom. The zero-order valence-corrected chi connectivity index (χ0v) is 12.4. The van der Waals surface area contributed by atoms with Crippen LogP contribution in [0, 0.1) is 0 Å². The number of anilines is 1. The molecule has 2 rings (SSSR count). The van der Waals surface area contributed by atoms with Crippen molar-refractivity contribution in [3.05, 3.63) is 24.3 Å². The molecule has 1 aliphatic rings. The van der Waals surface area contributed by atoms with Crippen molar-refractivity contribution >= 4 is 15.7 Å². The molecule has 112 valence electrons. The molecule has 0 spiro atoms. The van der Waals surface area contributed by atoms with Crippen LogP contribution in [0.15, 0.2) is 29.2 Å². The molecule has 1 aliphatic heterocycles. The van der Waals surface area contributed by atoms with Gasteiger partial charge in [0, 0.05) is 31.9 Å². The fourth-order valence-corrected chi connectivity index (χ4v) is 2.78. The maximum Gasteiger partial charge on any atom is 0.240 e. The maximum absolute atomic E-state index is 11.6. The lowest BCUT2D eigenvalue weighted by Gasteiger charge is -2.26. The van der Waals surface area contributed by atoms with E-state index in [1.807, 2.05) is 0 Å². The molecule has 1 aromatic rings. The number of morpholine rings is 1. The molecule has 1 fully saturated rings. The Kier molecular flexibility index (Phi) is 5.36. The van der Waals surface area contributed by atoms with E-state index in [-0.39, 0.29) is 4.90 Å². The van der Waals surface area contributed by atoms with Crippen LogP contribution in [0.25, 0.3) is 0 Å². The van der Waals surface area contributed by atoms with Crippen molar-refractivity contribution in [2.24, 2.45) is 0 Å². The Bertz CT molecular complexity index is 510. The summed E-state index contributed by atoms with van der Waals surface area (Å²) in [7, 11) is -1.95. The average molecular weight is 299 g/mol.